The Hall–Kier alpha value is -4.35. The van der Waals surface area contributed by atoms with Crippen LogP contribution in [0.3, 0.4) is 0 Å². The second-order valence-electron chi connectivity index (χ2n) is 12.0. The first-order valence-electron chi connectivity index (χ1n) is 15.5. The van der Waals surface area contributed by atoms with Crippen LogP contribution < -0.4 is 32.0 Å². The molecule has 13 heteroatoms. The first-order chi connectivity index (χ1) is 23.0. The van der Waals surface area contributed by atoms with Crippen LogP contribution in [0.1, 0.15) is 52.6 Å². The van der Waals surface area contributed by atoms with E-state index in [2.05, 4.69) is 11.2 Å². The molecule has 0 unspecified atom stereocenters. The minimum absolute atomic E-state index is 0. The number of halogens is 3. The molecule has 0 aliphatic rings. The minimum atomic E-state index is -1.77. The SMILES string of the molecule is Cc1cc(C[n+]2cnn(C[C@](O)(c3ccc(F)cc3F)[C@H](C)Cc3nc(-c4ccc(C#N)cc4)cs3)c2)cc(C)c1OC(=O)CCCN.[Br-]. The molecule has 9 nitrogen and oxygen atoms in total. The lowest BCUT2D eigenvalue weighted by atomic mass is 9.80. The molecule has 0 aliphatic heterocycles. The maximum Gasteiger partial charge on any atom is 0.311 e. The van der Waals surface area contributed by atoms with Gasteiger partial charge in [-0.2, -0.15) is 5.26 Å². The Morgan fingerprint density at radius 2 is 1.88 bits per heavy atom. The molecule has 256 valence electrons. The smallest absolute Gasteiger partial charge is 0.311 e. The number of benzene rings is 3. The van der Waals surface area contributed by atoms with Crippen molar-refractivity contribution in [1.82, 2.24) is 14.8 Å². The lowest BCUT2D eigenvalue weighted by Gasteiger charge is -2.32. The third-order valence-corrected chi connectivity index (χ3v) is 9.15. The van der Waals surface area contributed by atoms with Crippen molar-refractivity contribution in [3.8, 4) is 23.1 Å². The van der Waals surface area contributed by atoms with E-state index in [4.69, 9.17) is 20.7 Å². The van der Waals surface area contributed by atoms with Gasteiger partial charge in [0, 0.05) is 40.5 Å². The fourth-order valence-corrected chi connectivity index (χ4v) is 6.65. The topological polar surface area (TPSA) is 131 Å². The third kappa shape index (κ3) is 9.01. The first kappa shape index (κ1) is 37.5. The second-order valence-corrected chi connectivity index (χ2v) is 13.0. The van der Waals surface area contributed by atoms with E-state index in [1.165, 1.54) is 22.1 Å². The number of nitriles is 1. The number of rotatable bonds is 13. The molecule has 0 saturated carbocycles. The van der Waals surface area contributed by atoms with Crippen LogP contribution in [0.5, 0.6) is 5.75 Å². The number of hydrogen-bond acceptors (Lipinski definition) is 8. The molecule has 0 spiro atoms. The van der Waals surface area contributed by atoms with E-state index in [1.54, 1.807) is 31.7 Å². The minimum Gasteiger partial charge on any atom is -1.00 e. The van der Waals surface area contributed by atoms with Crippen molar-refractivity contribution in [2.45, 2.75) is 58.7 Å². The molecule has 0 fully saturated rings. The third-order valence-electron chi connectivity index (χ3n) is 8.27. The highest BCUT2D eigenvalue weighted by molar-refractivity contribution is 7.09. The number of nitrogens with two attached hydrogens (primary N) is 1. The van der Waals surface area contributed by atoms with Crippen molar-refractivity contribution in [2.75, 3.05) is 6.54 Å². The van der Waals surface area contributed by atoms with Crippen LogP contribution in [0.4, 0.5) is 8.78 Å². The van der Waals surface area contributed by atoms with Crippen LogP contribution in [0, 0.1) is 42.7 Å². The van der Waals surface area contributed by atoms with Gasteiger partial charge in [0.25, 0.3) is 6.33 Å². The fraction of sp³-hybridized carbons (Fsp3) is 0.306. The molecular weight excluding hydrogens is 714 g/mol. The highest BCUT2D eigenvalue weighted by atomic mass is 79.9. The van der Waals surface area contributed by atoms with Crippen LogP contribution >= 0.6 is 11.3 Å². The zero-order chi connectivity index (χ0) is 34.4. The number of aromatic nitrogens is 4. The summed E-state index contributed by atoms with van der Waals surface area (Å²) in [5.41, 5.74) is 8.42. The molecular formula is C36H37BrF2N6O3S. The summed E-state index contributed by atoms with van der Waals surface area (Å²) in [5.74, 6) is -1.93. The van der Waals surface area contributed by atoms with E-state index < -0.39 is 23.2 Å². The molecule has 0 radical (unpaired) electrons. The molecule has 2 atom stereocenters. The van der Waals surface area contributed by atoms with Crippen LogP contribution in [-0.4, -0.2) is 32.4 Å². The summed E-state index contributed by atoms with van der Waals surface area (Å²) in [7, 11) is 0. The van der Waals surface area contributed by atoms with E-state index in [-0.39, 0.29) is 41.5 Å². The van der Waals surface area contributed by atoms with Crippen LogP contribution in [-0.2, 0) is 29.9 Å². The highest BCUT2D eigenvalue weighted by Gasteiger charge is 2.41. The quantitative estimate of drug-likeness (QED) is 0.108. The molecule has 49 heavy (non-hydrogen) atoms. The van der Waals surface area contributed by atoms with E-state index in [0.717, 1.165) is 45.1 Å². The van der Waals surface area contributed by atoms with E-state index in [1.807, 2.05) is 48.1 Å². The van der Waals surface area contributed by atoms with E-state index in [9.17, 15) is 14.3 Å². The Balaban J connectivity index is 0.00000541. The maximum absolute atomic E-state index is 15.3. The predicted octanol–water partition coefficient (Wildman–Crippen LogP) is 2.52. The van der Waals surface area contributed by atoms with Gasteiger partial charge in [-0.3, -0.25) is 4.79 Å². The standard InChI is InChI=1S/C36H37F2N6O3S.BrH/c1-23-13-27(14-24(2)35(23)47-34(45)5-4-12-39)18-43-21-41-44(22-43)20-36(46,30-11-10-29(37)16-31(30)38)25(3)15-33-42-32(19-48-33)28-8-6-26(17-40)7-9-28;/h6-11,13-14,16,19,21-22,25,46H,4-5,12,15,18,20,39H2,1-3H3;1H/q+1;/p-1/t25-,36-;/m1./s1. The average molecular weight is 752 g/mol. The molecule has 3 N–H and O–H groups in total. The number of nitrogens with zero attached hydrogens (tertiary/aromatic N) is 5. The number of esters is 1. The maximum atomic E-state index is 15.3. The van der Waals surface area contributed by atoms with Crippen molar-refractivity contribution in [2.24, 2.45) is 11.7 Å². The van der Waals surface area contributed by atoms with Gasteiger partial charge in [-0.05, 0) is 79.8 Å². The Kier molecular flexibility index (Phi) is 12.5. The van der Waals surface area contributed by atoms with Crippen LogP contribution in [0.2, 0.25) is 0 Å². The average Bonchev–Trinajstić information content (AvgIpc) is 3.71. The van der Waals surface area contributed by atoms with Gasteiger partial charge in [0.05, 0.1) is 28.9 Å². The summed E-state index contributed by atoms with van der Waals surface area (Å²) < 4.78 is 38.2. The van der Waals surface area contributed by atoms with Crippen molar-refractivity contribution in [1.29, 1.82) is 5.26 Å². The van der Waals surface area contributed by atoms with Crippen molar-refractivity contribution >= 4 is 17.3 Å². The number of aryl methyl sites for hydroxylation is 2. The van der Waals surface area contributed by atoms with Crippen molar-refractivity contribution in [3.63, 3.8) is 0 Å². The molecule has 5 rings (SSSR count). The normalized spacial score (nSPS) is 12.9. The first-order valence-corrected chi connectivity index (χ1v) is 16.4. The number of aliphatic hydroxyl groups is 1. The van der Waals surface area contributed by atoms with Gasteiger partial charge < -0.3 is 32.6 Å². The monoisotopic (exact) mass is 750 g/mol. The zero-order valence-corrected chi connectivity index (χ0v) is 29.8. The largest absolute Gasteiger partial charge is 1.00 e. The number of carbonyl (C=O) groups is 1. The van der Waals surface area contributed by atoms with Crippen LogP contribution in [0.25, 0.3) is 11.3 Å². The summed E-state index contributed by atoms with van der Waals surface area (Å²) in [6.45, 7) is 6.32. The number of ether oxygens (including phenoxy) is 1. The lowest BCUT2D eigenvalue weighted by molar-refractivity contribution is -0.689. The fourth-order valence-electron chi connectivity index (χ4n) is 5.72. The Morgan fingerprint density at radius 3 is 2.53 bits per heavy atom. The summed E-state index contributed by atoms with van der Waals surface area (Å²) in [6.07, 6.45) is 4.46. The van der Waals surface area contributed by atoms with Gasteiger partial charge in [-0.15, -0.1) is 16.0 Å². The van der Waals surface area contributed by atoms with E-state index in [0.29, 0.717) is 37.2 Å². The van der Waals surface area contributed by atoms with Gasteiger partial charge in [0.2, 0.25) is 6.33 Å². The lowest BCUT2D eigenvalue weighted by Crippen LogP contribution is -3.00. The molecule has 0 bridgehead atoms. The predicted molar refractivity (Wildman–Crippen MR) is 177 cm³/mol. The number of carbonyl (C=O) groups excluding carboxylic acids is 1. The molecule has 3 aromatic carbocycles. The molecule has 0 amide bonds. The molecule has 0 aliphatic carbocycles. The molecule has 0 saturated heterocycles. The van der Waals surface area contributed by atoms with Gasteiger partial charge in [-0.25, -0.2) is 18.3 Å². The highest BCUT2D eigenvalue weighted by Crippen LogP contribution is 2.36. The van der Waals surface area contributed by atoms with Crippen molar-refractivity contribution < 1.29 is 45.0 Å². The van der Waals surface area contributed by atoms with Gasteiger partial charge in [-0.1, -0.05) is 25.1 Å². The number of hydrogen-bond donors (Lipinski definition) is 2. The number of thiazole rings is 1. The Labute approximate surface area is 298 Å². The second kappa shape index (κ2) is 16.4. The molecule has 2 aromatic heterocycles. The van der Waals surface area contributed by atoms with Crippen LogP contribution in [0.15, 0.2) is 72.6 Å². The van der Waals surface area contributed by atoms with Gasteiger partial charge in [0.1, 0.15) is 29.5 Å². The van der Waals surface area contributed by atoms with Crippen molar-refractivity contribution in [3.05, 3.63) is 117 Å². The summed E-state index contributed by atoms with van der Waals surface area (Å²) >= 11 is 1.42. The Bertz CT molecular complexity index is 1940. The van der Waals surface area contributed by atoms with E-state index >= 15 is 4.39 Å². The van der Waals surface area contributed by atoms with Gasteiger partial charge >= 0.3 is 5.97 Å². The Morgan fingerprint density at radius 1 is 1.16 bits per heavy atom. The van der Waals surface area contributed by atoms with Gasteiger partial charge in [0.15, 0.2) is 0 Å². The molecule has 2 heterocycles. The zero-order valence-electron chi connectivity index (χ0n) is 27.4. The summed E-state index contributed by atoms with van der Waals surface area (Å²) in [4.78, 5) is 16.9. The summed E-state index contributed by atoms with van der Waals surface area (Å²) in [6, 6.07) is 16.3. The molecule has 5 aromatic rings. The summed E-state index contributed by atoms with van der Waals surface area (Å²) in [5, 5.41) is 28.4.